The van der Waals surface area contributed by atoms with Crippen molar-refractivity contribution in [2.45, 2.75) is 0 Å². The summed E-state index contributed by atoms with van der Waals surface area (Å²) in [5, 5.41) is 0. The number of nitrogens with two attached hydrogens (primary N) is 2. The fourth-order valence-electron chi connectivity index (χ4n) is 0.263. The molecule has 0 aliphatic carbocycles. The zero-order valence-electron chi connectivity index (χ0n) is 5.24. The van der Waals surface area contributed by atoms with Crippen molar-refractivity contribution in [1.29, 1.82) is 0 Å². The van der Waals surface area contributed by atoms with Crippen molar-refractivity contribution >= 4 is 7.67 Å². The third-order valence-corrected chi connectivity index (χ3v) is 1.17. The van der Waals surface area contributed by atoms with Crippen LogP contribution >= 0.6 is 7.67 Å². The Morgan fingerprint density at radius 1 is 1.44 bits per heavy atom. The number of ether oxygens (including phenoxy) is 1. The molecule has 0 heterocycles. The van der Waals surface area contributed by atoms with E-state index >= 15 is 0 Å². The molecule has 0 rings (SSSR count). The molecule has 0 aromatic heterocycles. The molecule has 0 spiro atoms. The van der Waals surface area contributed by atoms with Crippen LogP contribution in [0.5, 0.6) is 0 Å². The summed E-state index contributed by atoms with van der Waals surface area (Å²) in [5.41, 5.74) is 9.66. The van der Waals surface area contributed by atoms with Crippen LogP contribution in [0, 0.1) is 0 Å². The van der Waals surface area contributed by atoms with Gasteiger partial charge in [-0.3, -0.25) is 4.57 Å². The second-order valence-electron chi connectivity index (χ2n) is 1.47. The van der Waals surface area contributed by atoms with Crippen LogP contribution in [0.1, 0.15) is 0 Å². The van der Waals surface area contributed by atoms with E-state index in [0.29, 0.717) is 6.61 Å². The van der Waals surface area contributed by atoms with E-state index in [1.54, 1.807) is 0 Å². The van der Waals surface area contributed by atoms with Crippen LogP contribution in [0.3, 0.4) is 0 Å². The van der Waals surface area contributed by atoms with Gasteiger partial charge < -0.3 is 9.26 Å². The van der Waals surface area contributed by atoms with Crippen LogP contribution in [0.2, 0.25) is 0 Å². The number of methoxy groups -OCH3 is 1. The zero-order chi connectivity index (χ0) is 7.33. The molecule has 0 atom stereocenters. The monoisotopic (exact) mass is 154 g/mol. The first-order valence-corrected chi connectivity index (χ1v) is 4.13. The molecule has 9 heavy (non-hydrogen) atoms. The molecular weight excluding hydrogens is 143 g/mol. The predicted molar refractivity (Wildman–Crippen MR) is 33.8 cm³/mol. The van der Waals surface area contributed by atoms with Gasteiger partial charge in [-0.1, -0.05) is 0 Å². The highest BCUT2D eigenvalue weighted by Gasteiger charge is 2.06. The average molecular weight is 154 g/mol. The molecule has 0 saturated heterocycles. The van der Waals surface area contributed by atoms with E-state index in [9.17, 15) is 4.57 Å². The van der Waals surface area contributed by atoms with Gasteiger partial charge in [0, 0.05) is 7.11 Å². The molecule has 56 valence electrons. The molecule has 5 nitrogen and oxygen atoms in total. The summed E-state index contributed by atoms with van der Waals surface area (Å²) in [5.74, 6) is 0. The normalized spacial score (nSPS) is 11.9. The van der Waals surface area contributed by atoms with Crippen molar-refractivity contribution in [2.75, 3.05) is 20.3 Å². The first-order chi connectivity index (χ1) is 4.06. The van der Waals surface area contributed by atoms with E-state index in [1.165, 1.54) is 7.11 Å². The fraction of sp³-hybridized carbons (Fsp3) is 1.00. The van der Waals surface area contributed by atoms with E-state index in [1.807, 2.05) is 0 Å². The van der Waals surface area contributed by atoms with Gasteiger partial charge in [0.25, 0.3) is 0 Å². The Hall–Kier alpha value is 0.0700. The van der Waals surface area contributed by atoms with Gasteiger partial charge in [-0.2, -0.15) is 0 Å². The van der Waals surface area contributed by atoms with Crippen LogP contribution < -0.4 is 11.0 Å². The van der Waals surface area contributed by atoms with E-state index in [4.69, 9.17) is 11.0 Å². The van der Waals surface area contributed by atoms with Gasteiger partial charge in [-0.25, -0.2) is 11.0 Å². The van der Waals surface area contributed by atoms with E-state index in [2.05, 4.69) is 9.26 Å². The Balaban J connectivity index is 3.18. The highest BCUT2D eigenvalue weighted by atomic mass is 31.2. The minimum atomic E-state index is -3.28. The smallest absolute Gasteiger partial charge is 0.335 e. The lowest BCUT2D eigenvalue weighted by atomic mass is 10.8. The number of hydrogen-bond donors (Lipinski definition) is 2. The predicted octanol–water partition coefficient (Wildman–Crippen LogP) is -0.325. The van der Waals surface area contributed by atoms with Gasteiger partial charge in [-0.05, 0) is 0 Å². The molecule has 0 fully saturated rings. The second-order valence-corrected chi connectivity index (χ2v) is 3.02. The van der Waals surface area contributed by atoms with Gasteiger partial charge in [0.1, 0.15) is 0 Å². The van der Waals surface area contributed by atoms with Crippen molar-refractivity contribution in [3.63, 3.8) is 0 Å². The molecule has 6 heteroatoms. The molecule has 0 unspecified atom stereocenters. The van der Waals surface area contributed by atoms with Crippen LogP contribution in [0.15, 0.2) is 0 Å². The van der Waals surface area contributed by atoms with Crippen molar-refractivity contribution in [1.82, 2.24) is 0 Å². The Labute approximate surface area is 53.9 Å². The molecule has 0 bridgehead atoms. The van der Waals surface area contributed by atoms with Crippen molar-refractivity contribution < 1.29 is 13.8 Å². The highest BCUT2D eigenvalue weighted by Crippen LogP contribution is 2.25. The lowest BCUT2D eigenvalue weighted by Gasteiger charge is -2.05. The summed E-state index contributed by atoms with van der Waals surface area (Å²) >= 11 is 0. The number of rotatable bonds is 4. The minimum absolute atomic E-state index is 0.167. The van der Waals surface area contributed by atoms with Gasteiger partial charge >= 0.3 is 7.67 Å². The summed E-state index contributed by atoms with van der Waals surface area (Å²) in [6.07, 6.45) is 0. The van der Waals surface area contributed by atoms with Crippen molar-refractivity contribution in [2.24, 2.45) is 11.0 Å². The van der Waals surface area contributed by atoms with E-state index in [-0.39, 0.29) is 6.61 Å². The highest BCUT2D eigenvalue weighted by molar-refractivity contribution is 7.53. The molecule has 0 saturated carbocycles. The third kappa shape index (κ3) is 8.07. The molecule has 0 aromatic carbocycles. The topological polar surface area (TPSA) is 87.6 Å². The average Bonchev–Trinajstić information content (AvgIpc) is 1.63. The first kappa shape index (κ1) is 9.07. The minimum Gasteiger partial charge on any atom is -0.382 e. The Morgan fingerprint density at radius 2 is 2.00 bits per heavy atom. The van der Waals surface area contributed by atoms with Gasteiger partial charge in [-0.15, -0.1) is 0 Å². The maximum atomic E-state index is 10.4. The van der Waals surface area contributed by atoms with E-state index < -0.39 is 7.67 Å². The SMILES string of the molecule is COCCOP(N)(N)=O. The maximum Gasteiger partial charge on any atom is 0.335 e. The zero-order valence-corrected chi connectivity index (χ0v) is 6.14. The summed E-state index contributed by atoms with van der Waals surface area (Å²) in [6, 6.07) is 0. The quantitative estimate of drug-likeness (QED) is 0.427. The number of hydrogen-bond acceptors (Lipinski definition) is 3. The first-order valence-electron chi connectivity index (χ1n) is 2.37. The Kier molecular flexibility index (Phi) is 4.01. The van der Waals surface area contributed by atoms with Crippen LogP contribution in [-0.2, 0) is 13.8 Å². The van der Waals surface area contributed by atoms with Crippen molar-refractivity contribution in [3.8, 4) is 0 Å². The lowest BCUT2D eigenvalue weighted by molar-refractivity contribution is 0.147. The summed E-state index contributed by atoms with van der Waals surface area (Å²) < 4.78 is 19.4. The lowest BCUT2D eigenvalue weighted by Crippen LogP contribution is -2.11. The van der Waals surface area contributed by atoms with Crippen molar-refractivity contribution in [3.05, 3.63) is 0 Å². The molecule has 4 N–H and O–H groups in total. The molecule has 0 aliphatic rings. The summed E-state index contributed by atoms with van der Waals surface area (Å²) in [7, 11) is -1.77. The molecule has 0 amide bonds. The van der Waals surface area contributed by atoms with Crippen LogP contribution in [0.25, 0.3) is 0 Å². The molecule has 0 radical (unpaired) electrons. The maximum absolute atomic E-state index is 10.4. The van der Waals surface area contributed by atoms with Gasteiger partial charge in [0.2, 0.25) is 0 Å². The fourth-order valence-corrected chi connectivity index (χ4v) is 0.623. The largest absolute Gasteiger partial charge is 0.382 e. The van der Waals surface area contributed by atoms with Crippen LogP contribution in [-0.4, -0.2) is 20.3 Å². The molecule has 0 aliphatic heterocycles. The van der Waals surface area contributed by atoms with Gasteiger partial charge in [0.05, 0.1) is 13.2 Å². The molecule has 0 aromatic rings. The van der Waals surface area contributed by atoms with E-state index in [0.717, 1.165) is 0 Å². The summed E-state index contributed by atoms with van der Waals surface area (Å²) in [4.78, 5) is 0. The Bertz CT molecular complexity index is 112. The Morgan fingerprint density at radius 3 is 2.33 bits per heavy atom. The van der Waals surface area contributed by atoms with Crippen LogP contribution in [0.4, 0.5) is 0 Å². The molecular formula is C3H11N2O3P. The standard InChI is InChI=1S/C3H11N2O3P/c1-7-2-3-8-9(4,5)6/h2-3H2,1H3,(H4,4,5,6). The second kappa shape index (κ2) is 3.98. The third-order valence-electron chi connectivity index (χ3n) is 0.581. The summed E-state index contributed by atoms with van der Waals surface area (Å²) in [6.45, 7) is 0.513. The van der Waals surface area contributed by atoms with Gasteiger partial charge in [0.15, 0.2) is 0 Å².